The van der Waals surface area contributed by atoms with Gasteiger partial charge in [-0.15, -0.1) is 0 Å². The fourth-order valence-electron chi connectivity index (χ4n) is 1.50. The van der Waals surface area contributed by atoms with Crippen molar-refractivity contribution < 1.29 is 9.53 Å². The van der Waals surface area contributed by atoms with Gasteiger partial charge >= 0.3 is 0 Å². The SMILES string of the molecule is CC(C)N(CCNCCN(C)C)CCOC=O. The number of hydrogen-bond acceptors (Lipinski definition) is 5. The van der Waals surface area contributed by atoms with E-state index in [2.05, 4.69) is 43.1 Å². The van der Waals surface area contributed by atoms with E-state index in [1.54, 1.807) is 0 Å². The molecule has 0 aliphatic rings. The summed E-state index contributed by atoms with van der Waals surface area (Å²) < 4.78 is 4.72. The van der Waals surface area contributed by atoms with Crippen molar-refractivity contribution in [3.63, 3.8) is 0 Å². The number of nitrogens with zero attached hydrogens (tertiary/aromatic N) is 2. The van der Waals surface area contributed by atoms with Gasteiger partial charge in [0.2, 0.25) is 0 Å². The highest BCUT2D eigenvalue weighted by molar-refractivity contribution is 5.36. The van der Waals surface area contributed by atoms with Crippen molar-refractivity contribution in [2.24, 2.45) is 0 Å². The minimum atomic E-state index is 0.472. The largest absolute Gasteiger partial charge is 0.467 e. The molecule has 0 aromatic carbocycles. The maximum absolute atomic E-state index is 10.1. The van der Waals surface area contributed by atoms with Gasteiger partial charge in [-0.1, -0.05) is 0 Å². The number of likely N-dealkylation sites (N-methyl/N-ethyl adjacent to an activating group) is 1. The molecule has 0 bridgehead atoms. The lowest BCUT2D eigenvalue weighted by atomic mass is 10.3. The van der Waals surface area contributed by atoms with Crippen molar-refractivity contribution in [3.05, 3.63) is 0 Å². The quantitative estimate of drug-likeness (QED) is 0.411. The van der Waals surface area contributed by atoms with Crippen molar-refractivity contribution in [2.75, 3.05) is 53.4 Å². The lowest BCUT2D eigenvalue weighted by molar-refractivity contribution is -0.129. The molecule has 0 aromatic heterocycles. The van der Waals surface area contributed by atoms with Crippen LogP contribution in [-0.4, -0.2) is 75.7 Å². The molecule has 0 aliphatic heterocycles. The molecule has 17 heavy (non-hydrogen) atoms. The number of carbonyl (C=O) groups is 1. The van der Waals surface area contributed by atoms with Gasteiger partial charge in [-0.05, 0) is 27.9 Å². The second-order valence-electron chi connectivity index (χ2n) is 4.65. The number of rotatable bonds is 11. The van der Waals surface area contributed by atoms with Crippen LogP contribution < -0.4 is 5.32 Å². The summed E-state index contributed by atoms with van der Waals surface area (Å²) in [5, 5.41) is 3.40. The Bertz CT molecular complexity index is 187. The highest BCUT2D eigenvalue weighted by Crippen LogP contribution is 1.96. The molecule has 0 amide bonds. The molecule has 0 aliphatic carbocycles. The first-order valence-corrected chi connectivity index (χ1v) is 6.22. The molecule has 0 fully saturated rings. The summed E-state index contributed by atoms with van der Waals surface area (Å²) in [6, 6.07) is 0.473. The van der Waals surface area contributed by atoms with E-state index in [0.717, 1.165) is 32.7 Å². The number of ether oxygens (including phenoxy) is 1. The van der Waals surface area contributed by atoms with Gasteiger partial charge < -0.3 is 15.0 Å². The number of nitrogens with one attached hydrogen (secondary N) is 1. The average molecular weight is 245 g/mol. The smallest absolute Gasteiger partial charge is 0.293 e. The Kier molecular flexibility index (Phi) is 10.1. The van der Waals surface area contributed by atoms with Crippen LogP contribution in [0.1, 0.15) is 13.8 Å². The van der Waals surface area contributed by atoms with Crippen LogP contribution in [0.25, 0.3) is 0 Å². The van der Waals surface area contributed by atoms with Gasteiger partial charge in [0.1, 0.15) is 6.61 Å². The van der Waals surface area contributed by atoms with Crippen LogP contribution in [0.4, 0.5) is 0 Å². The molecule has 1 N–H and O–H groups in total. The Morgan fingerprint density at radius 2 is 1.82 bits per heavy atom. The molecule has 0 heterocycles. The van der Waals surface area contributed by atoms with Crippen LogP contribution in [0.3, 0.4) is 0 Å². The normalized spacial score (nSPS) is 11.5. The summed E-state index contributed by atoms with van der Waals surface area (Å²) in [6.07, 6.45) is 0. The number of carbonyl (C=O) groups excluding carboxylic acids is 1. The molecule has 5 heteroatoms. The summed E-state index contributed by atoms with van der Waals surface area (Å²) >= 11 is 0. The second-order valence-corrected chi connectivity index (χ2v) is 4.65. The molecular formula is C12H27N3O2. The molecule has 0 saturated heterocycles. The van der Waals surface area contributed by atoms with Crippen LogP contribution in [0.2, 0.25) is 0 Å². The van der Waals surface area contributed by atoms with Crippen molar-refractivity contribution in [2.45, 2.75) is 19.9 Å². The summed E-state index contributed by atoms with van der Waals surface area (Å²) in [4.78, 5) is 14.5. The van der Waals surface area contributed by atoms with E-state index >= 15 is 0 Å². The molecule has 0 radical (unpaired) electrons. The van der Waals surface area contributed by atoms with Gasteiger partial charge in [-0.2, -0.15) is 0 Å². The zero-order valence-electron chi connectivity index (χ0n) is 11.6. The fourth-order valence-corrected chi connectivity index (χ4v) is 1.50. The van der Waals surface area contributed by atoms with Crippen molar-refractivity contribution >= 4 is 6.47 Å². The van der Waals surface area contributed by atoms with Gasteiger partial charge in [-0.3, -0.25) is 9.69 Å². The zero-order chi connectivity index (χ0) is 13.1. The molecule has 0 spiro atoms. The molecule has 102 valence electrons. The molecule has 0 atom stereocenters. The van der Waals surface area contributed by atoms with Crippen LogP contribution >= 0.6 is 0 Å². The first-order chi connectivity index (χ1) is 8.07. The van der Waals surface area contributed by atoms with Crippen LogP contribution in [0.5, 0.6) is 0 Å². The van der Waals surface area contributed by atoms with E-state index in [1.807, 2.05) is 0 Å². The maximum Gasteiger partial charge on any atom is 0.293 e. The monoisotopic (exact) mass is 245 g/mol. The van der Waals surface area contributed by atoms with Gasteiger partial charge in [0.05, 0.1) is 0 Å². The predicted molar refractivity (Wildman–Crippen MR) is 70.1 cm³/mol. The molecule has 0 aromatic rings. The summed E-state index contributed by atoms with van der Waals surface area (Å²) in [5.41, 5.74) is 0. The molecule has 0 unspecified atom stereocenters. The van der Waals surface area contributed by atoms with Crippen molar-refractivity contribution in [1.82, 2.24) is 15.1 Å². The predicted octanol–water partition coefficient (Wildman–Crippen LogP) is 0.0210. The van der Waals surface area contributed by atoms with Gasteiger partial charge in [0.25, 0.3) is 6.47 Å². The Hall–Kier alpha value is -0.650. The summed E-state index contributed by atoms with van der Waals surface area (Å²) in [6.45, 7) is 10.1. The highest BCUT2D eigenvalue weighted by atomic mass is 16.5. The number of hydrogen-bond donors (Lipinski definition) is 1. The third kappa shape index (κ3) is 10.2. The zero-order valence-corrected chi connectivity index (χ0v) is 11.6. The molecule has 0 saturated carbocycles. The van der Waals surface area contributed by atoms with Crippen LogP contribution in [0, 0.1) is 0 Å². The first-order valence-electron chi connectivity index (χ1n) is 6.22. The van der Waals surface area contributed by atoms with E-state index < -0.39 is 0 Å². The minimum absolute atomic E-state index is 0.472. The Balaban J connectivity index is 3.59. The average Bonchev–Trinajstić information content (AvgIpc) is 2.25. The lowest BCUT2D eigenvalue weighted by Gasteiger charge is -2.26. The molecule has 0 rings (SSSR count). The third-order valence-electron chi connectivity index (χ3n) is 2.61. The summed E-state index contributed by atoms with van der Waals surface area (Å²) in [5.74, 6) is 0. The second kappa shape index (κ2) is 10.5. The fraction of sp³-hybridized carbons (Fsp3) is 0.917. The van der Waals surface area contributed by atoms with Gasteiger partial charge in [-0.25, -0.2) is 0 Å². The van der Waals surface area contributed by atoms with Crippen molar-refractivity contribution in [3.8, 4) is 0 Å². The standard InChI is InChI=1S/C12H27N3O2/c1-12(2)15(9-10-17-11-16)8-6-13-5-7-14(3)4/h11-13H,5-10H2,1-4H3. The minimum Gasteiger partial charge on any atom is -0.467 e. The van der Waals surface area contributed by atoms with E-state index in [-0.39, 0.29) is 0 Å². The third-order valence-corrected chi connectivity index (χ3v) is 2.61. The van der Waals surface area contributed by atoms with E-state index in [9.17, 15) is 4.79 Å². The molecular weight excluding hydrogens is 218 g/mol. The summed E-state index contributed by atoms with van der Waals surface area (Å²) in [7, 11) is 4.14. The van der Waals surface area contributed by atoms with E-state index in [4.69, 9.17) is 4.74 Å². The molecule has 5 nitrogen and oxygen atoms in total. The lowest BCUT2D eigenvalue weighted by Crippen LogP contribution is -2.40. The van der Waals surface area contributed by atoms with Gasteiger partial charge in [0, 0.05) is 38.8 Å². The van der Waals surface area contributed by atoms with Crippen molar-refractivity contribution in [1.29, 1.82) is 0 Å². The Labute approximate surface area is 105 Å². The van der Waals surface area contributed by atoms with Crippen LogP contribution in [-0.2, 0) is 9.53 Å². The topological polar surface area (TPSA) is 44.8 Å². The maximum atomic E-state index is 10.1. The Morgan fingerprint density at radius 1 is 1.18 bits per heavy atom. The van der Waals surface area contributed by atoms with E-state index in [0.29, 0.717) is 19.1 Å². The van der Waals surface area contributed by atoms with E-state index in [1.165, 1.54) is 0 Å². The first kappa shape index (κ1) is 16.4. The highest BCUT2D eigenvalue weighted by Gasteiger charge is 2.08. The Morgan fingerprint density at radius 3 is 2.35 bits per heavy atom. The van der Waals surface area contributed by atoms with Gasteiger partial charge in [0.15, 0.2) is 0 Å². The van der Waals surface area contributed by atoms with Crippen LogP contribution in [0.15, 0.2) is 0 Å².